The van der Waals surface area contributed by atoms with Crippen LogP contribution in [0.3, 0.4) is 0 Å². The predicted molar refractivity (Wildman–Crippen MR) is 93.2 cm³/mol. The predicted octanol–water partition coefficient (Wildman–Crippen LogP) is 3.27. The van der Waals surface area contributed by atoms with Crippen molar-refractivity contribution in [3.8, 4) is 17.2 Å². The second-order valence-electron chi connectivity index (χ2n) is 6.75. The fourth-order valence-corrected chi connectivity index (χ4v) is 4.19. The molecule has 0 aromatic heterocycles. The molecule has 4 rings (SSSR count). The largest absolute Gasteiger partial charge is 0.508 e. The molecule has 0 unspecified atom stereocenters. The summed E-state index contributed by atoms with van der Waals surface area (Å²) in [7, 11) is 3.36. The first-order chi connectivity index (χ1) is 11.6. The van der Waals surface area contributed by atoms with Gasteiger partial charge in [-0.1, -0.05) is 6.07 Å². The number of methoxy groups -OCH3 is 2. The third-order valence-corrected chi connectivity index (χ3v) is 5.46. The molecule has 0 spiro atoms. The summed E-state index contributed by atoms with van der Waals surface area (Å²) in [4.78, 5) is 0. The number of nitrogens with one attached hydrogen (secondary N) is 1. The molecule has 2 atom stereocenters. The third kappa shape index (κ3) is 2.25. The van der Waals surface area contributed by atoms with Crippen molar-refractivity contribution in [2.45, 2.75) is 38.3 Å². The molecule has 1 aliphatic carbocycles. The van der Waals surface area contributed by atoms with E-state index in [1.807, 2.05) is 13.0 Å². The highest BCUT2D eigenvalue weighted by atomic mass is 16.5. The average molecular weight is 325 g/mol. The lowest BCUT2D eigenvalue weighted by Gasteiger charge is -2.40. The molecule has 4 heteroatoms. The van der Waals surface area contributed by atoms with Crippen LogP contribution < -0.4 is 14.8 Å². The lowest BCUT2D eigenvalue weighted by Crippen LogP contribution is -2.42. The van der Waals surface area contributed by atoms with Gasteiger partial charge in [-0.25, -0.2) is 0 Å². The number of fused-ring (bicyclic) bond motifs is 5. The summed E-state index contributed by atoms with van der Waals surface area (Å²) < 4.78 is 11.0. The van der Waals surface area contributed by atoms with Gasteiger partial charge in [0.1, 0.15) is 5.75 Å². The molecule has 1 aliphatic heterocycles. The highest BCUT2D eigenvalue weighted by Gasteiger charge is 2.36. The Balaban J connectivity index is 1.90. The molecule has 2 aromatic rings. The van der Waals surface area contributed by atoms with E-state index in [9.17, 15) is 5.11 Å². The quantitative estimate of drug-likeness (QED) is 0.890. The first-order valence-corrected chi connectivity index (χ1v) is 8.43. The van der Waals surface area contributed by atoms with E-state index in [2.05, 4.69) is 23.5 Å². The Labute approximate surface area is 142 Å². The smallest absolute Gasteiger partial charge is 0.161 e. The van der Waals surface area contributed by atoms with Gasteiger partial charge >= 0.3 is 0 Å². The molecule has 0 radical (unpaired) electrons. The molecular formula is C20H23NO3. The van der Waals surface area contributed by atoms with Crippen molar-refractivity contribution in [1.82, 2.24) is 5.32 Å². The summed E-state index contributed by atoms with van der Waals surface area (Å²) >= 11 is 0. The van der Waals surface area contributed by atoms with Crippen LogP contribution in [-0.4, -0.2) is 25.4 Å². The number of aromatic hydroxyl groups is 1. The van der Waals surface area contributed by atoms with E-state index in [0.717, 1.165) is 36.4 Å². The van der Waals surface area contributed by atoms with Gasteiger partial charge in [0.2, 0.25) is 0 Å². The van der Waals surface area contributed by atoms with Gasteiger partial charge in [0.05, 0.1) is 14.2 Å². The lowest BCUT2D eigenvalue weighted by atomic mass is 9.72. The van der Waals surface area contributed by atoms with Crippen LogP contribution in [0.25, 0.3) is 0 Å². The monoisotopic (exact) mass is 325 g/mol. The molecule has 126 valence electrons. The molecule has 0 saturated carbocycles. The topological polar surface area (TPSA) is 50.7 Å². The molecule has 0 fully saturated rings. The molecule has 1 heterocycles. The van der Waals surface area contributed by atoms with Crippen LogP contribution in [0, 0.1) is 6.92 Å². The molecule has 0 bridgehead atoms. The number of benzene rings is 2. The van der Waals surface area contributed by atoms with Crippen molar-refractivity contribution >= 4 is 0 Å². The van der Waals surface area contributed by atoms with E-state index < -0.39 is 0 Å². The number of ether oxygens (including phenoxy) is 2. The van der Waals surface area contributed by atoms with Gasteiger partial charge in [-0.15, -0.1) is 0 Å². The van der Waals surface area contributed by atoms with Gasteiger partial charge in [0.15, 0.2) is 11.5 Å². The minimum Gasteiger partial charge on any atom is -0.508 e. The Morgan fingerprint density at radius 2 is 1.71 bits per heavy atom. The van der Waals surface area contributed by atoms with Crippen molar-refractivity contribution < 1.29 is 14.6 Å². The Bertz CT molecular complexity index is 800. The van der Waals surface area contributed by atoms with Gasteiger partial charge in [0.25, 0.3) is 0 Å². The van der Waals surface area contributed by atoms with Gasteiger partial charge in [-0.05, 0) is 65.8 Å². The molecule has 4 nitrogen and oxygen atoms in total. The van der Waals surface area contributed by atoms with Crippen molar-refractivity contribution in [3.05, 3.63) is 52.1 Å². The zero-order valence-corrected chi connectivity index (χ0v) is 14.3. The van der Waals surface area contributed by atoms with Crippen molar-refractivity contribution in [2.75, 3.05) is 14.2 Å². The van der Waals surface area contributed by atoms with Crippen molar-refractivity contribution in [1.29, 1.82) is 0 Å². The SMILES string of the molecule is COc1cc2c(cc1OC)[C@H]1c3cc(C)c(O)cc3CN[C@@H]1CC2. The molecule has 2 aliphatic rings. The Hall–Kier alpha value is -2.20. The van der Waals surface area contributed by atoms with E-state index in [0.29, 0.717) is 11.8 Å². The summed E-state index contributed by atoms with van der Waals surface area (Å²) in [5.41, 5.74) is 6.07. The van der Waals surface area contributed by atoms with E-state index in [4.69, 9.17) is 9.47 Å². The minimum atomic E-state index is 0.289. The molecule has 2 N–H and O–H groups in total. The van der Waals surface area contributed by atoms with Gasteiger partial charge in [-0.2, -0.15) is 0 Å². The van der Waals surface area contributed by atoms with Crippen LogP contribution in [0.15, 0.2) is 24.3 Å². The van der Waals surface area contributed by atoms with Crippen LogP contribution >= 0.6 is 0 Å². The second kappa shape index (κ2) is 5.71. The van der Waals surface area contributed by atoms with Crippen LogP contribution in [0.5, 0.6) is 17.2 Å². The van der Waals surface area contributed by atoms with Gasteiger partial charge in [0, 0.05) is 18.5 Å². The number of hydrogen-bond acceptors (Lipinski definition) is 4. The van der Waals surface area contributed by atoms with Crippen molar-refractivity contribution in [3.63, 3.8) is 0 Å². The number of aryl methyl sites for hydroxylation is 2. The Kier molecular flexibility index (Phi) is 3.65. The first-order valence-electron chi connectivity index (χ1n) is 8.43. The highest BCUT2D eigenvalue weighted by molar-refractivity contribution is 5.55. The van der Waals surface area contributed by atoms with Crippen LogP contribution in [0.2, 0.25) is 0 Å². The summed E-state index contributed by atoms with van der Waals surface area (Å²) in [6, 6.07) is 8.72. The molecule has 0 saturated heterocycles. The van der Waals surface area contributed by atoms with Crippen LogP contribution in [-0.2, 0) is 13.0 Å². The summed E-state index contributed by atoms with van der Waals surface area (Å²) in [5, 5.41) is 13.7. The van der Waals surface area contributed by atoms with Gasteiger partial charge in [-0.3, -0.25) is 0 Å². The molecule has 2 aromatic carbocycles. The Morgan fingerprint density at radius 1 is 1.00 bits per heavy atom. The lowest BCUT2D eigenvalue weighted by molar-refractivity contribution is 0.348. The molecule has 0 amide bonds. The average Bonchev–Trinajstić information content (AvgIpc) is 2.60. The second-order valence-corrected chi connectivity index (χ2v) is 6.75. The van der Waals surface area contributed by atoms with Crippen LogP contribution in [0.1, 0.15) is 40.2 Å². The molecule has 24 heavy (non-hydrogen) atoms. The third-order valence-electron chi connectivity index (χ3n) is 5.46. The summed E-state index contributed by atoms with van der Waals surface area (Å²) in [5.74, 6) is 2.23. The highest BCUT2D eigenvalue weighted by Crippen LogP contribution is 2.45. The molecular weight excluding hydrogens is 302 g/mol. The summed E-state index contributed by atoms with van der Waals surface area (Å²) in [6.45, 7) is 2.78. The maximum atomic E-state index is 10.1. The Morgan fingerprint density at radius 3 is 2.46 bits per heavy atom. The number of phenols is 1. The van der Waals surface area contributed by atoms with E-state index in [-0.39, 0.29) is 5.92 Å². The number of hydrogen-bond donors (Lipinski definition) is 2. The zero-order chi connectivity index (χ0) is 16.8. The van der Waals surface area contributed by atoms with Crippen molar-refractivity contribution in [2.24, 2.45) is 0 Å². The fourth-order valence-electron chi connectivity index (χ4n) is 4.19. The number of phenolic OH excluding ortho intramolecular Hbond substituents is 1. The number of rotatable bonds is 2. The maximum Gasteiger partial charge on any atom is 0.161 e. The normalized spacial score (nSPS) is 21.5. The van der Waals surface area contributed by atoms with Crippen LogP contribution in [0.4, 0.5) is 0 Å². The zero-order valence-electron chi connectivity index (χ0n) is 14.3. The maximum absolute atomic E-state index is 10.1. The standard InChI is InChI=1S/C20H23NO3/c1-11-6-14-13(7-17(11)22)10-21-16-5-4-12-8-18(23-2)19(24-3)9-15(12)20(14)16/h6-9,16,20-22H,4-5,10H2,1-3H3/t16-,20-/m1/s1. The summed E-state index contributed by atoms with van der Waals surface area (Å²) in [6.07, 6.45) is 2.14. The minimum absolute atomic E-state index is 0.289. The van der Waals surface area contributed by atoms with E-state index in [1.165, 1.54) is 22.3 Å². The van der Waals surface area contributed by atoms with Gasteiger partial charge < -0.3 is 19.9 Å². The first kappa shape index (κ1) is 15.3. The van der Waals surface area contributed by atoms with E-state index in [1.54, 1.807) is 14.2 Å². The van der Waals surface area contributed by atoms with E-state index >= 15 is 0 Å². The fraction of sp³-hybridized carbons (Fsp3) is 0.400.